The fourth-order valence-corrected chi connectivity index (χ4v) is 2.02. The van der Waals surface area contributed by atoms with Crippen molar-refractivity contribution < 1.29 is 14.4 Å². The molecule has 0 aromatic carbocycles. The molecule has 0 saturated carbocycles. The van der Waals surface area contributed by atoms with Gasteiger partial charge in [-0.05, 0) is 6.42 Å². The maximum Gasteiger partial charge on any atom is 0.240 e. The van der Waals surface area contributed by atoms with Gasteiger partial charge in [0.25, 0.3) is 0 Å². The highest BCUT2D eigenvalue weighted by Crippen LogP contribution is 2.23. The molecule has 0 bridgehead atoms. The quantitative estimate of drug-likeness (QED) is 0.853. The molecule has 2 rings (SSSR count). The molecule has 1 aromatic heterocycles. The van der Waals surface area contributed by atoms with E-state index in [1.807, 2.05) is 25.7 Å². The zero-order valence-corrected chi connectivity index (χ0v) is 11.6. The van der Waals surface area contributed by atoms with Crippen molar-refractivity contribution in [1.82, 2.24) is 10.1 Å². The first-order chi connectivity index (χ1) is 8.84. The van der Waals surface area contributed by atoms with Gasteiger partial charge < -0.3 is 9.63 Å². The molecule has 1 aliphatic rings. The average molecular weight is 267 g/mol. The van der Waals surface area contributed by atoms with Crippen molar-refractivity contribution in [2.75, 3.05) is 25.0 Å². The van der Waals surface area contributed by atoms with Gasteiger partial charge in [-0.25, -0.2) is 0 Å². The Bertz CT molecular complexity index is 450. The molecule has 19 heavy (non-hydrogen) atoms. The molecule has 2 N–H and O–H groups in total. The molecule has 6 heteroatoms. The van der Waals surface area contributed by atoms with E-state index < -0.39 is 0 Å². The summed E-state index contributed by atoms with van der Waals surface area (Å²) in [6.45, 7) is 7.66. The number of nitrogens with one attached hydrogen (secondary N) is 1. The first-order valence-corrected chi connectivity index (χ1v) is 6.52. The van der Waals surface area contributed by atoms with Gasteiger partial charge in [-0.15, -0.1) is 0 Å². The average Bonchev–Trinajstić information content (AvgIpc) is 2.87. The van der Waals surface area contributed by atoms with E-state index >= 15 is 0 Å². The van der Waals surface area contributed by atoms with Crippen molar-refractivity contribution in [2.24, 2.45) is 0 Å². The first kappa shape index (κ1) is 14.0. The molecule has 1 amide bonds. The van der Waals surface area contributed by atoms with E-state index in [9.17, 15) is 9.90 Å². The Labute approximate surface area is 112 Å². The highest BCUT2D eigenvalue weighted by molar-refractivity contribution is 5.91. The Hall–Kier alpha value is -1.40. The molecule has 1 aromatic rings. The zero-order valence-electron chi connectivity index (χ0n) is 11.6. The van der Waals surface area contributed by atoms with E-state index in [1.54, 1.807) is 6.07 Å². The zero-order chi connectivity index (χ0) is 14.0. The van der Waals surface area contributed by atoms with E-state index in [0.717, 1.165) is 18.7 Å². The number of anilines is 1. The number of nitrogens with zero attached hydrogens (tertiary/aromatic N) is 2. The van der Waals surface area contributed by atoms with Crippen LogP contribution >= 0.6 is 0 Å². The topological polar surface area (TPSA) is 78.6 Å². The lowest BCUT2D eigenvalue weighted by molar-refractivity contribution is -0.117. The summed E-state index contributed by atoms with van der Waals surface area (Å²) >= 11 is 0. The summed E-state index contributed by atoms with van der Waals surface area (Å²) in [4.78, 5) is 13.7. The number of aliphatic hydroxyl groups excluding tert-OH is 1. The van der Waals surface area contributed by atoms with Gasteiger partial charge in [0.05, 0.1) is 18.3 Å². The summed E-state index contributed by atoms with van der Waals surface area (Å²) in [5, 5.41) is 16.0. The number of hydrogen-bond acceptors (Lipinski definition) is 5. The summed E-state index contributed by atoms with van der Waals surface area (Å²) in [5.41, 5.74) is 0.699. The second-order valence-corrected chi connectivity index (χ2v) is 6.05. The van der Waals surface area contributed by atoms with Crippen molar-refractivity contribution in [3.8, 4) is 0 Å². The molecular weight excluding hydrogens is 246 g/mol. The molecule has 106 valence electrons. The number of aromatic nitrogens is 1. The molecule has 1 saturated heterocycles. The van der Waals surface area contributed by atoms with Crippen LogP contribution in [0.4, 0.5) is 5.88 Å². The van der Waals surface area contributed by atoms with Gasteiger partial charge in [0.1, 0.15) is 0 Å². The van der Waals surface area contributed by atoms with Crippen LogP contribution in [0.25, 0.3) is 0 Å². The lowest BCUT2D eigenvalue weighted by Crippen LogP contribution is -2.32. The number of β-amino-alcohol motifs (C(OH)–C–C–N with tert-alkyl or cyclic N) is 1. The number of amides is 1. The van der Waals surface area contributed by atoms with E-state index in [1.165, 1.54) is 0 Å². The molecule has 1 atom stereocenters. The minimum absolute atomic E-state index is 0.106. The molecule has 1 aliphatic heterocycles. The fourth-order valence-electron chi connectivity index (χ4n) is 2.02. The van der Waals surface area contributed by atoms with E-state index in [4.69, 9.17) is 4.52 Å². The highest BCUT2D eigenvalue weighted by atomic mass is 16.5. The molecule has 2 heterocycles. The minimum atomic E-state index is -0.314. The molecular formula is C13H21N3O3. The van der Waals surface area contributed by atoms with Crippen molar-refractivity contribution >= 4 is 11.8 Å². The predicted octanol–water partition coefficient (Wildman–Crippen LogP) is 0.977. The number of carbonyl (C=O) groups excluding carboxylic acids is 1. The van der Waals surface area contributed by atoms with Crippen LogP contribution in [0, 0.1) is 0 Å². The third kappa shape index (κ3) is 3.78. The Morgan fingerprint density at radius 2 is 2.37 bits per heavy atom. The largest absolute Gasteiger partial charge is 0.392 e. The van der Waals surface area contributed by atoms with Gasteiger partial charge in [-0.3, -0.25) is 15.0 Å². The second kappa shape index (κ2) is 5.30. The van der Waals surface area contributed by atoms with E-state index in [0.29, 0.717) is 12.4 Å². The van der Waals surface area contributed by atoms with E-state index in [-0.39, 0.29) is 24.0 Å². The normalized spacial score (nSPS) is 20.7. The van der Waals surface area contributed by atoms with Crippen LogP contribution in [0.15, 0.2) is 10.6 Å². The lowest BCUT2D eigenvalue weighted by Gasteiger charge is -2.13. The van der Waals surface area contributed by atoms with Crippen LogP contribution in [0.2, 0.25) is 0 Å². The summed E-state index contributed by atoms with van der Waals surface area (Å²) in [7, 11) is 0. The van der Waals surface area contributed by atoms with Gasteiger partial charge in [0, 0.05) is 24.6 Å². The van der Waals surface area contributed by atoms with Crippen LogP contribution in [-0.2, 0) is 10.2 Å². The summed E-state index contributed by atoms with van der Waals surface area (Å²) in [6, 6.07) is 1.75. The molecule has 0 aliphatic carbocycles. The molecule has 6 nitrogen and oxygen atoms in total. The van der Waals surface area contributed by atoms with Crippen molar-refractivity contribution in [2.45, 2.75) is 38.7 Å². The van der Waals surface area contributed by atoms with Crippen LogP contribution < -0.4 is 5.32 Å². The first-order valence-electron chi connectivity index (χ1n) is 6.52. The van der Waals surface area contributed by atoms with Crippen LogP contribution in [0.3, 0.4) is 0 Å². The monoisotopic (exact) mass is 267 g/mol. The van der Waals surface area contributed by atoms with Gasteiger partial charge in [-0.1, -0.05) is 25.9 Å². The predicted molar refractivity (Wildman–Crippen MR) is 70.9 cm³/mol. The third-order valence-corrected chi connectivity index (χ3v) is 3.16. The van der Waals surface area contributed by atoms with Gasteiger partial charge in [0.15, 0.2) is 0 Å². The highest BCUT2D eigenvalue weighted by Gasteiger charge is 2.23. The van der Waals surface area contributed by atoms with Gasteiger partial charge in [-0.2, -0.15) is 0 Å². The number of aliphatic hydroxyl groups is 1. The lowest BCUT2D eigenvalue weighted by atomic mass is 9.92. The smallest absolute Gasteiger partial charge is 0.240 e. The van der Waals surface area contributed by atoms with Gasteiger partial charge >= 0.3 is 0 Å². The molecule has 0 spiro atoms. The Morgan fingerprint density at radius 3 is 2.89 bits per heavy atom. The number of carbonyl (C=O) groups is 1. The summed E-state index contributed by atoms with van der Waals surface area (Å²) in [6.07, 6.45) is 0.412. The number of likely N-dealkylation sites (tertiary alicyclic amines) is 1. The van der Waals surface area contributed by atoms with E-state index in [2.05, 4.69) is 10.5 Å². The third-order valence-electron chi connectivity index (χ3n) is 3.16. The SMILES string of the molecule is CC(C)(C)c1cc(NC(=O)CN2CC[C@H](O)C2)on1. The maximum atomic E-state index is 11.8. The Balaban J connectivity index is 1.87. The Morgan fingerprint density at radius 1 is 1.63 bits per heavy atom. The van der Waals surface area contributed by atoms with Crippen molar-refractivity contribution in [3.63, 3.8) is 0 Å². The summed E-state index contributed by atoms with van der Waals surface area (Å²) in [5.74, 6) is 0.223. The number of hydrogen-bond donors (Lipinski definition) is 2. The number of rotatable bonds is 3. The van der Waals surface area contributed by atoms with Crippen LogP contribution in [0.5, 0.6) is 0 Å². The maximum absolute atomic E-state index is 11.8. The molecule has 0 radical (unpaired) electrons. The molecule has 0 unspecified atom stereocenters. The second-order valence-electron chi connectivity index (χ2n) is 6.05. The standard InChI is InChI=1S/C13H21N3O3/c1-13(2,3)10-6-12(19-15-10)14-11(18)8-16-5-4-9(17)7-16/h6,9,17H,4-5,7-8H2,1-3H3,(H,14,18)/t9-/m0/s1. The molecule has 1 fully saturated rings. The van der Waals surface area contributed by atoms with Crippen LogP contribution in [-0.4, -0.2) is 46.8 Å². The fraction of sp³-hybridized carbons (Fsp3) is 0.692. The van der Waals surface area contributed by atoms with Crippen molar-refractivity contribution in [1.29, 1.82) is 0 Å². The van der Waals surface area contributed by atoms with Crippen molar-refractivity contribution in [3.05, 3.63) is 11.8 Å². The Kier molecular flexibility index (Phi) is 3.91. The minimum Gasteiger partial charge on any atom is -0.392 e. The summed E-state index contributed by atoms with van der Waals surface area (Å²) < 4.78 is 5.10. The van der Waals surface area contributed by atoms with Crippen LogP contribution in [0.1, 0.15) is 32.9 Å². The van der Waals surface area contributed by atoms with Gasteiger partial charge in [0.2, 0.25) is 11.8 Å².